The predicted octanol–water partition coefficient (Wildman–Crippen LogP) is 3.31. The van der Waals surface area contributed by atoms with E-state index in [4.69, 9.17) is 5.73 Å². The Morgan fingerprint density at radius 2 is 1.92 bits per heavy atom. The lowest BCUT2D eigenvalue weighted by atomic mass is 10.0. The molecule has 5 rings (SSSR count). The van der Waals surface area contributed by atoms with Gasteiger partial charge in [-0.25, -0.2) is 5.10 Å². The summed E-state index contributed by atoms with van der Waals surface area (Å²) >= 11 is 0. The van der Waals surface area contributed by atoms with Crippen molar-refractivity contribution in [3.05, 3.63) is 81.3 Å². The Kier molecular flexibility index (Phi) is 6.29. The first-order valence-electron chi connectivity index (χ1n) is 12.3. The zero-order valence-corrected chi connectivity index (χ0v) is 21.2. The molecule has 0 saturated carbocycles. The molecule has 37 heavy (non-hydrogen) atoms. The van der Waals surface area contributed by atoms with E-state index in [1.807, 2.05) is 67.1 Å². The van der Waals surface area contributed by atoms with Crippen molar-refractivity contribution >= 4 is 28.5 Å². The van der Waals surface area contributed by atoms with Gasteiger partial charge >= 0.3 is 0 Å². The number of fused-ring (bicyclic) bond motifs is 1. The molecule has 1 saturated heterocycles. The first kappa shape index (κ1) is 24.3. The number of amides is 2. The van der Waals surface area contributed by atoms with Crippen molar-refractivity contribution in [2.45, 2.75) is 39.8 Å². The average molecular weight is 499 g/mol. The molecule has 4 N–H and O–H groups in total. The number of hydrogen-bond acceptors (Lipinski definition) is 5. The van der Waals surface area contributed by atoms with Crippen molar-refractivity contribution in [2.75, 3.05) is 18.8 Å². The lowest BCUT2D eigenvalue weighted by Crippen LogP contribution is -2.26. The molecule has 190 valence electrons. The topological polar surface area (TPSA) is 126 Å². The van der Waals surface area contributed by atoms with Gasteiger partial charge in [0.1, 0.15) is 5.52 Å². The molecule has 1 aliphatic rings. The number of nitrogens with one attached hydrogen (secondary N) is 2. The summed E-state index contributed by atoms with van der Waals surface area (Å²) < 4.78 is 1.93. The van der Waals surface area contributed by atoms with Crippen LogP contribution in [0.5, 0.6) is 0 Å². The largest absolute Gasteiger partial charge is 0.382 e. The standard InChI is InChI=1S/C28H30N6O3/c1-16-4-5-17(2)22(12-16)27(36)30-13-19-6-8-20(9-7-19)23-15-34(21-10-11-33(14-21)18(3)35)25-24(23)26(29)31-32-28(25)37/h4-9,12,15,21H,10-11,13-14H2,1-3H3,(H2,29,31)(H,30,36)(H,32,37)/t21-/m1/s1. The zero-order chi connectivity index (χ0) is 26.3. The van der Waals surface area contributed by atoms with Gasteiger partial charge in [0, 0.05) is 43.9 Å². The number of H-pyrrole nitrogens is 1. The number of carbonyl (C=O) groups excluding carboxylic acids is 2. The van der Waals surface area contributed by atoms with Crippen LogP contribution >= 0.6 is 0 Å². The van der Waals surface area contributed by atoms with Crippen LogP contribution in [0, 0.1) is 13.8 Å². The molecule has 9 heteroatoms. The van der Waals surface area contributed by atoms with Crippen LogP contribution < -0.4 is 16.6 Å². The highest BCUT2D eigenvalue weighted by atomic mass is 16.2. The van der Waals surface area contributed by atoms with Gasteiger partial charge < -0.3 is 20.5 Å². The maximum Gasteiger partial charge on any atom is 0.288 e. The molecule has 0 bridgehead atoms. The van der Waals surface area contributed by atoms with Gasteiger partial charge in [-0.1, -0.05) is 42.0 Å². The van der Waals surface area contributed by atoms with Crippen LogP contribution in [0.4, 0.5) is 5.82 Å². The summed E-state index contributed by atoms with van der Waals surface area (Å²) in [6, 6.07) is 13.6. The Labute approximate surface area is 214 Å². The number of rotatable bonds is 5. The van der Waals surface area contributed by atoms with E-state index in [2.05, 4.69) is 15.5 Å². The molecule has 0 aliphatic carbocycles. The molecular weight excluding hydrogens is 468 g/mol. The Bertz CT molecular complexity index is 1570. The number of carbonyl (C=O) groups is 2. The van der Waals surface area contributed by atoms with E-state index in [1.165, 1.54) is 0 Å². The molecule has 3 heterocycles. The van der Waals surface area contributed by atoms with Gasteiger partial charge in [-0.2, -0.15) is 5.10 Å². The minimum absolute atomic E-state index is 0.0227. The number of hydrogen-bond donors (Lipinski definition) is 3. The summed E-state index contributed by atoms with van der Waals surface area (Å²) in [6.07, 6.45) is 2.69. The van der Waals surface area contributed by atoms with E-state index < -0.39 is 0 Å². The summed E-state index contributed by atoms with van der Waals surface area (Å²) in [5.41, 5.74) is 11.7. The van der Waals surface area contributed by atoms with E-state index in [1.54, 1.807) is 11.8 Å². The van der Waals surface area contributed by atoms with Crippen LogP contribution in [0.15, 0.2) is 53.5 Å². The Hall–Kier alpha value is -4.40. The van der Waals surface area contributed by atoms with Crippen LogP contribution in [0.1, 0.15) is 46.4 Å². The maximum absolute atomic E-state index is 12.8. The third-order valence-corrected chi connectivity index (χ3v) is 7.14. The van der Waals surface area contributed by atoms with E-state index in [-0.39, 0.29) is 29.2 Å². The summed E-state index contributed by atoms with van der Waals surface area (Å²) in [7, 11) is 0. The highest BCUT2D eigenvalue weighted by molar-refractivity contribution is 6.02. The average Bonchev–Trinajstić information content (AvgIpc) is 3.53. The van der Waals surface area contributed by atoms with E-state index in [9.17, 15) is 14.4 Å². The fourth-order valence-electron chi connectivity index (χ4n) is 5.06. The van der Waals surface area contributed by atoms with Crippen LogP contribution in [-0.4, -0.2) is 44.6 Å². The molecule has 9 nitrogen and oxygen atoms in total. The molecule has 4 aromatic rings. The number of aryl methyl sites for hydroxylation is 2. The van der Waals surface area contributed by atoms with Crippen molar-refractivity contribution in [3.8, 4) is 11.1 Å². The maximum atomic E-state index is 12.8. The zero-order valence-electron chi connectivity index (χ0n) is 21.2. The second-order valence-electron chi connectivity index (χ2n) is 9.72. The quantitative estimate of drug-likeness (QED) is 0.389. The van der Waals surface area contributed by atoms with Gasteiger partial charge in [-0.15, -0.1) is 0 Å². The number of benzene rings is 2. The van der Waals surface area contributed by atoms with Crippen LogP contribution in [0.2, 0.25) is 0 Å². The first-order chi connectivity index (χ1) is 17.7. The van der Waals surface area contributed by atoms with Crippen molar-refractivity contribution in [2.24, 2.45) is 0 Å². The Morgan fingerprint density at radius 3 is 2.62 bits per heavy atom. The molecule has 0 radical (unpaired) electrons. The third-order valence-electron chi connectivity index (χ3n) is 7.14. The molecule has 2 aromatic carbocycles. The van der Waals surface area contributed by atoms with Crippen molar-refractivity contribution < 1.29 is 9.59 Å². The SMILES string of the molecule is CC(=O)N1CC[C@@H](n2cc(-c3ccc(CNC(=O)c4cc(C)ccc4C)cc3)c3c(N)n[nH]c(=O)c32)C1. The lowest BCUT2D eigenvalue weighted by Gasteiger charge is -2.15. The van der Waals surface area contributed by atoms with Gasteiger partial charge in [0.05, 0.1) is 11.4 Å². The Balaban J connectivity index is 1.42. The summed E-state index contributed by atoms with van der Waals surface area (Å²) in [5.74, 6) is 0.159. The van der Waals surface area contributed by atoms with E-state index in [0.717, 1.165) is 34.2 Å². The molecule has 1 aliphatic heterocycles. The molecule has 0 unspecified atom stereocenters. The van der Waals surface area contributed by atoms with Crippen molar-refractivity contribution in [1.82, 2.24) is 25.0 Å². The normalized spacial score (nSPS) is 15.3. The monoisotopic (exact) mass is 498 g/mol. The van der Waals surface area contributed by atoms with Gasteiger partial charge in [0.25, 0.3) is 11.5 Å². The van der Waals surface area contributed by atoms with Gasteiger partial charge in [0.15, 0.2) is 5.82 Å². The number of anilines is 1. The molecule has 0 spiro atoms. The smallest absolute Gasteiger partial charge is 0.288 e. The third kappa shape index (κ3) is 4.60. The van der Waals surface area contributed by atoms with Crippen LogP contribution in [-0.2, 0) is 11.3 Å². The fraction of sp³-hybridized carbons (Fsp3) is 0.286. The summed E-state index contributed by atoms with van der Waals surface area (Å²) in [4.78, 5) is 39.2. The molecular formula is C28H30N6O3. The van der Waals surface area contributed by atoms with E-state index in [0.29, 0.717) is 36.1 Å². The number of aromatic nitrogens is 3. The highest BCUT2D eigenvalue weighted by Gasteiger charge is 2.29. The summed E-state index contributed by atoms with van der Waals surface area (Å²) in [5, 5.41) is 10.1. The first-order valence-corrected chi connectivity index (χ1v) is 12.3. The molecule has 1 fully saturated rings. The highest BCUT2D eigenvalue weighted by Crippen LogP contribution is 2.35. The van der Waals surface area contributed by atoms with Gasteiger partial charge in [0.2, 0.25) is 5.91 Å². The number of likely N-dealkylation sites (tertiary alicyclic amines) is 1. The van der Waals surface area contributed by atoms with E-state index >= 15 is 0 Å². The van der Waals surface area contributed by atoms with Crippen molar-refractivity contribution in [1.29, 1.82) is 0 Å². The second kappa shape index (κ2) is 9.57. The minimum Gasteiger partial charge on any atom is -0.382 e. The minimum atomic E-state index is -0.317. The number of nitrogens with two attached hydrogens (primary N) is 1. The van der Waals surface area contributed by atoms with Crippen LogP contribution in [0.25, 0.3) is 22.0 Å². The molecule has 2 amide bonds. The predicted molar refractivity (Wildman–Crippen MR) is 143 cm³/mol. The Morgan fingerprint density at radius 1 is 1.16 bits per heavy atom. The number of nitrogens with zero attached hydrogens (tertiary/aromatic N) is 3. The molecule has 2 aromatic heterocycles. The van der Waals surface area contributed by atoms with Gasteiger partial charge in [-0.05, 0) is 43.0 Å². The van der Waals surface area contributed by atoms with Gasteiger partial charge in [-0.3, -0.25) is 14.4 Å². The fourth-order valence-corrected chi connectivity index (χ4v) is 5.06. The van der Waals surface area contributed by atoms with Crippen LogP contribution in [0.3, 0.4) is 0 Å². The summed E-state index contributed by atoms with van der Waals surface area (Å²) in [6.45, 7) is 7.03. The van der Waals surface area contributed by atoms with Crippen molar-refractivity contribution in [3.63, 3.8) is 0 Å². The molecule has 1 atom stereocenters. The lowest BCUT2D eigenvalue weighted by molar-refractivity contribution is -0.127. The number of nitrogen functional groups attached to an aromatic ring is 1. The number of aromatic amines is 1. The second-order valence-corrected chi connectivity index (χ2v) is 9.72.